The van der Waals surface area contributed by atoms with Crippen LogP contribution in [0, 0.1) is 5.82 Å². The van der Waals surface area contributed by atoms with Gasteiger partial charge in [-0.2, -0.15) is 0 Å². The molecule has 3 nitrogen and oxygen atoms in total. The first-order valence-corrected chi connectivity index (χ1v) is 6.60. The van der Waals surface area contributed by atoms with Crippen molar-refractivity contribution in [1.29, 1.82) is 0 Å². The second-order valence-corrected chi connectivity index (χ2v) is 4.69. The van der Waals surface area contributed by atoms with Crippen molar-refractivity contribution in [3.63, 3.8) is 0 Å². The minimum atomic E-state index is -0.641. The van der Waals surface area contributed by atoms with Crippen LogP contribution in [0.2, 0.25) is 0 Å². The molecule has 0 radical (unpaired) electrons. The van der Waals surface area contributed by atoms with Crippen LogP contribution in [-0.4, -0.2) is 31.1 Å². The van der Waals surface area contributed by atoms with Gasteiger partial charge in [0.05, 0.1) is 12.7 Å². The fourth-order valence-electron chi connectivity index (χ4n) is 2.26. The summed E-state index contributed by atoms with van der Waals surface area (Å²) in [4.78, 5) is 13.5. The van der Waals surface area contributed by atoms with Gasteiger partial charge in [-0.3, -0.25) is 4.90 Å². The van der Waals surface area contributed by atoms with Crippen molar-refractivity contribution in [3.05, 3.63) is 35.1 Å². The summed E-state index contributed by atoms with van der Waals surface area (Å²) in [6.07, 6.45) is 2.13. The van der Waals surface area contributed by atoms with Crippen LogP contribution in [0.5, 0.6) is 0 Å². The highest BCUT2D eigenvalue weighted by molar-refractivity contribution is 5.89. The van der Waals surface area contributed by atoms with E-state index in [4.69, 9.17) is 0 Å². The summed E-state index contributed by atoms with van der Waals surface area (Å²) in [5.74, 6) is -1.17. The summed E-state index contributed by atoms with van der Waals surface area (Å²) in [7, 11) is 3.28. The Kier molecular flexibility index (Phi) is 5.96. The normalized spacial score (nSPS) is 11.1. The first-order valence-electron chi connectivity index (χ1n) is 6.60. The first kappa shape index (κ1) is 15.6. The number of carbonyl (C=O) groups is 1. The van der Waals surface area contributed by atoms with Crippen molar-refractivity contribution >= 4 is 5.97 Å². The number of halogens is 1. The molecule has 0 heterocycles. The Balaban J connectivity index is 2.81. The molecule has 0 aliphatic carbocycles. The predicted molar refractivity (Wildman–Crippen MR) is 73.6 cm³/mol. The standard InChI is InChI=1S/C15H22FNO2/c1-5-12(6-2)17(3)10-11-7-8-13(14(16)9-11)15(18)19-4/h7-9,12H,5-6,10H2,1-4H3. The Morgan fingerprint density at radius 3 is 2.47 bits per heavy atom. The Labute approximate surface area is 114 Å². The van der Waals surface area contributed by atoms with E-state index in [0.717, 1.165) is 18.4 Å². The monoisotopic (exact) mass is 267 g/mol. The molecule has 0 amide bonds. The fourth-order valence-corrected chi connectivity index (χ4v) is 2.26. The minimum Gasteiger partial charge on any atom is -0.465 e. The lowest BCUT2D eigenvalue weighted by Gasteiger charge is -2.26. The number of hydrogen-bond donors (Lipinski definition) is 0. The predicted octanol–water partition coefficient (Wildman–Crippen LogP) is 3.23. The number of carbonyl (C=O) groups excluding carboxylic acids is 1. The Morgan fingerprint density at radius 1 is 1.37 bits per heavy atom. The second kappa shape index (κ2) is 7.24. The molecule has 0 saturated carbocycles. The molecule has 0 unspecified atom stereocenters. The number of methoxy groups -OCH3 is 1. The van der Waals surface area contributed by atoms with Crippen LogP contribution < -0.4 is 0 Å². The lowest BCUT2D eigenvalue weighted by atomic mass is 10.1. The van der Waals surface area contributed by atoms with Crippen LogP contribution in [-0.2, 0) is 11.3 Å². The van der Waals surface area contributed by atoms with Gasteiger partial charge in [-0.25, -0.2) is 9.18 Å². The molecule has 1 aromatic rings. The van der Waals surface area contributed by atoms with E-state index in [1.807, 2.05) is 7.05 Å². The van der Waals surface area contributed by atoms with Gasteiger partial charge in [-0.15, -0.1) is 0 Å². The van der Waals surface area contributed by atoms with Gasteiger partial charge in [-0.05, 0) is 37.6 Å². The minimum absolute atomic E-state index is 0.0172. The fraction of sp³-hybridized carbons (Fsp3) is 0.533. The van der Waals surface area contributed by atoms with Crippen LogP contribution in [0.25, 0.3) is 0 Å². The highest BCUT2D eigenvalue weighted by atomic mass is 19.1. The number of hydrogen-bond acceptors (Lipinski definition) is 3. The third-order valence-corrected chi connectivity index (χ3v) is 3.44. The van der Waals surface area contributed by atoms with Crippen molar-refractivity contribution in [2.45, 2.75) is 39.3 Å². The van der Waals surface area contributed by atoms with Gasteiger partial charge < -0.3 is 4.74 Å². The van der Waals surface area contributed by atoms with Crippen LogP contribution in [0.1, 0.15) is 42.6 Å². The molecule has 19 heavy (non-hydrogen) atoms. The third-order valence-electron chi connectivity index (χ3n) is 3.44. The van der Waals surface area contributed by atoms with Gasteiger partial charge in [0, 0.05) is 12.6 Å². The van der Waals surface area contributed by atoms with Gasteiger partial charge in [-0.1, -0.05) is 19.9 Å². The molecule has 0 aliphatic heterocycles. The summed E-state index contributed by atoms with van der Waals surface area (Å²) in [6.45, 7) is 4.96. The van der Waals surface area contributed by atoms with E-state index in [1.54, 1.807) is 6.07 Å². The summed E-state index contributed by atoms with van der Waals surface area (Å²) < 4.78 is 18.3. The number of benzene rings is 1. The number of ether oxygens (including phenoxy) is 1. The molecule has 0 aliphatic rings. The zero-order chi connectivity index (χ0) is 14.4. The molecule has 1 rings (SSSR count). The molecule has 4 heteroatoms. The largest absolute Gasteiger partial charge is 0.465 e. The lowest BCUT2D eigenvalue weighted by molar-refractivity contribution is 0.0595. The molecule has 0 saturated heterocycles. The summed E-state index contributed by atoms with van der Waals surface area (Å²) >= 11 is 0. The maximum Gasteiger partial charge on any atom is 0.340 e. The topological polar surface area (TPSA) is 29.5 Å². The first-order chi connectivity index (χ1) is 9.03. The van der Waals surface area contributed by atoms with Crippen molar-refractivity contribution in [3.8, 4) is 0 Å². The van der Waals surface area contributed by atoms with E-state index in [2.05, 4.69) is 23.5 Å². The number of nitrogens with zero attached hydrogens (tertiary/aromatic N) is 1. The van der Waals surface area contributed by atoms with E-state index in [9.17, 15) is 9.18 Å². The summed E-state index contributed by atoms with van der Waals surface area (Å²) in [5.41, 5.74) is 0.844. The van der Waals surface area contributed by atoms with Crippen LogP contribution in [0.4, 0.5) is 4.39 Å². The quantitative estimate of drug-likeness (QED) is 0.741. The highest BCUT2D eigenvalue weighted by Crippen LogP contribution is 2.15. The molecule has 1 aromatic carbocycles. The van der Waals surface area contributed by atoms with Gasteiger partial charge in [0.25, 0.3) is 0 Å². The van der Waals surface area contributed by atoms with E-state index in [1.165, 1.54) is 19.2 Å². The molecule has 0 atom stereocenters. The van der Waals surface area contributed by atoms with Gasteiger partial charge >= 0.3 is 5.97 Å². The molecule has 0 bridgehead atoms. The SMILES string of the molecule is CCC(CC)N(C)Cc1ccc(C(=O)OC)c(F)c1. The Morgan fingerprint density at radius 2 is 2.00 bits per heavy atom. The zero-order valence-electron chi connectivity index (χ0n) is 12.1. The smallest absolute Gasteiger partial charge is 0.340 e. The molecular formula is C15H22FNO2. The van der Waals surface area contributed by atoms with Crippen molar-refractivity contribution in [2.24, 2.45) is 0 Å². The Hall–Kier alpha value is -1.42. The number of esters is 1. The maximum atomic E-state index is 13.8. The van der Waals surface area contributed by atoms with Gasteiger partial charge in [0.15, 0.2) is 0 Å². The second-order valence-electron chi connectivity index (χ2n) is 4.69. The molecule has 0 N–H and O–H groups in total. The highest BCUT2D eigenvalue weighted by Gasteiger charge is 2.15. The lowest BCUT2D eigenvalue weighted by Crippen LogP contribution is -2.30. The van der Waals surface area contributed by atoms with E-state index in [0.29, 0.717) is 12.6 Å². The van der Waals surface area contributed by atoms with Crippen LogP contribution >= 0.6 is 0 Å². The van der Waals surface area contributed by atoms with E-state index < -0.39 is 11.8 Å². The van der Waals surface area contributed by atoms with Gasteiger partial charge in [0.1, 0.15) is 5.82 Å². The zero-order valence-corrected chi connectivity index (χ0v) is 12.1. The molecule has 0 fully saturated rings. The molecule has 0 spiro atoms. The van der Waals surface area contributed by atoms with Crippen LogP contribution in [0.15, 0.2) is 18.2 Å². The van der Waals surface area contributed by atoms with Crippen LogP contribution in [0.3, 0.4) is 0 Å². The summed E-state index contributed by atoms with van der Waals surface area (Å²) in [6, 6.07) is 5.15. The van der Waals surface area contributed by atoms with Crippen molar-refractivity contribution < 1.29 is 13.9 Å². The van der Waals surface area contributed by atoms with Crippen molar-refractivity contribution in [2.75, 3.05) is 14.2 Å². The summed E-state index contributed by atoms with van der Waals surface area (Å²) in [5, 5.41) is 0. The average Bonchev–Trinajstić information content (AvgIpc) is 2.39. The maximum absolute atomic E-state index is 13.8. The number of rotatable bonds is 6. The van der Waals surface area contributed by atoms with Crippen molar-refractivity contribution in [1.82, 2.24) is 4.90 Å². The Bertz CT molecular complexity index is 430. The molecule has 106 valence electrons. The average molecular weight is 267 g/mol. The third kappa shape index (κ3) is 4.03. The van der Waals surface area contributed by atoms with Gasteiger partial charge in [0.2, 0.25) is 0 Å². The molecular weight excluding hydrogens is 245 g/mol. The van der Waals surface area contributed by atoms with E-state index in [-0.39, 0.29) is 5.56 Å². The van der Waals surface area contributed by atoms with E-state index >= 15 is 0 Å². The molecule has 0 aromatic heterocycles.